The number of hydrogen-bond acceptors (Lipinski definition) is 6. The van der Waals surface area contributed by atoms with E-state index in [1.165, 1.54) is 35.9 Å². The number of amides is 1. The third kappa shape index (κ3) is 5.27. The molecule has 0 unspecified atom stereocenters. The van der Waals surface area contributed by atoms with Gasteiger partial charge in [0, 0.05) is 0 Å². The molecule has 3 aromatic rings. The van der Waals surface area contributed by atoms with Gasteiger partial charge in [-0.2, -0.15) is 0 Å². The van der Waals surface area contributed by atoms with Gasteiger partial charge in [0.15, 0.2) is 15.8 Å². The Morgan fingerprint density at radius 3 is 2.53 bits per heavy atom. The van der Waals surface area contributed by atoms with Crippen LogP contribution in [-0.4, -0.2) is 24.4 Å². The molecule has 34 heavy (non-hydrogen) atoms. The fraction of sp³-hybridized carbons (Fsp3) is 0.120. The Labute approximate surface area is 214 Å². The number of rotatable bonds is 7. The van der Waals surface area contributed by atoms with E-state index in [-0.39, 0.29) is 18.3 Å². The second-order valence-electron chi connectivity index (χ2n) is 7.17. The number of thiocarbonyl (C=S) groups is 1. The van der Waals surface area contributed by atoms with Crippen molar-refractivity contribution in [3.05, 3.63) is 87.0 Å². The van der Waals surface area contributed by atoms with E-state index in [0.29, 0.717) is 42.2 Å². The highest BCUT2D eigenvalue weighted by Crippen LogP contribution is 2.40. The molecular formula is C25H19BrFNO4S2. The highest BCUT2D eigenvalue weighted by Gasteiger charge is 2.33. The van der Waals surface area contributed by atoms with Crippen LogP contribution in [0.3, 0.4) is 0 Å². The van der Waals surface area contributed by atoms with Gasteiger partial charge < -0.3 is 14.2 Å². The maximum atomic E-state index is 13.4. The van der Waals surface area contributed by atoms with Crippen molar-refractivity contribution in [1.82, 2.24) is 0 Å². The minimum absolute atomic E-state index is 0.173. The van der Waals surface area contributed by atoms with E-state index in [1.54, 1.807) is 55.7 Å². The Morgan fingerprint density at radius 2 is 1.85 bits per heavy atom. The van der Waals surface area contributed by atoms with Gasteiger partial charge in [-0.25, -0.2) is 4.39 Å². The average molecular weight is 560 g/mol. The van der Waals surface area contributed by atoms with Gasteiger partial charge in [0.25, 0.3) is 5.91 Å². The highest BCUT2D eigenvalue weighted by atomic mass is 79.9. The van der Waals surface area contributed by atoms with Gasteiger partial charge >= 0.3 is 0 Å². The number of methoxy groups -OCH3 is 2. The Balaban J connectivity index is 1.57. The molecule has 0 N–H and O–H groups in total. The van der Waals surface area contributed by atoms with Gasteiger partial charge in [0.2, 0.25) is 0 Å². The number of benzene rings is 3. The maximum absolute atomic E-state index is 13.4. The summed E-state index contributed by atoms with van der Waals surface area (Å²) in [6.07, 6.45) is 1.76. The van der Waals surface area contributed by atoms with Gasteiger partial charge in [-0.15, -0.1) is 0 Å². The molecule has 3 aromatic carbocycles. The van der Waals surface area contributed by atoms with Crippen molar-refractivity contribution in [2.75, 3.05) is 19.1 Å². The molecule has 1 saturated heterocycles. The molecule has 0 spiro atoms. The lowest BCUT2D eigenvalue weighted by Crippen LogP contribution is -2.27. The number of anilines is 1. The molecule has 174 valence electrons. The summed E-state index contributed by atoms with van der Waals surface area (Å²) < 4.78 is 31.1. The molecule has 0 aromatic heterocycles. The maximum Gasteiger partial charge on any atom is 0.270 e. The van der Waals surface area contributed by atoms with E-state index in [2.05, 4.69) is 15.9 Å². The van der Waals surface area contributed by atoms with Crippen molar-refractivity contribution in [3.63, 3.8) is 0 Å². The molecule has 0 saturated carbocycles. The number of ether oxygens (including phenoxy) is 3. The molecule has 1 fully saturated rings. The number of thioether (sulfide) groups is 1. The summed E-state index contributed by atoms with van der Waals surface area (Å²) in [7, 11) is 3.12. The number of hydrogen-bond donors (Lipinski definition) is 0. The van der Waals surface area contributed by atoms with Crippen LogP contribution in [-0.2, 0) is 11.4 Å². The van der Waals surface area contributed by atoms with E-state index >= 15 is 0 Å². The summed E-state index contributed by atoms with van der Waals surface area (Å²) >= 11 is 10.2. The normalized spacial score (nSPS) is 14.6. The molecule has 1 aliphatic rings. The van der Waals surface area contributed by atoms with Crippen LogP contribution in [0, 0.1) is 5.82 Å². The zero-order valence-corrected chi connectivity index (χ0v) is 21.4. The largest absolute Gasteiger partial charge is 0.497 e. The SMILES string of the molecule is COc1ccc(N2C(=O)/C(=C/c3cc(Br)c(OCc4cccc(F)c4)c(OC)c3)SC2=S)cc1. The molecule has 0 atom stereocenters. The van der Waals surface area contributed by atoms with E-state index in [4.69, 9.17) is 26.4 Å². The Hall–Kier alpha value is -2.88. The van der Waals surface area contributed by atoms with Crippen LogP contribution < -0.4 is 19.1 Å². The lowest BCUT2D eigenvalue weighted by atomic mass is 10.1. The second kappa shape index (κ2) is 10.6. The molecule has 1 aliphatic heterocycles. The molecule has 4 rings (SSSR count). The van der Waals surface area contributed by atoms with Crippen molar-refractivity contribution in [2.45, 2.75) is 6.61 Å². The van der Waals surface area contributed by atoms with Crippen molar-refractivity contribution in [2.24, 2.45) is 0 Å². The fourth-order valence-corrected chi connectivity index (χ4v) is 5.19. The van der Waals surface area contributed by atoms with Crippen molar-refractivity contribution < 1.29 is 23.4 Å². The molecular weight excluding hydrogens is 541 g/mol. The lowest BCUT2D eigenvalue weighted by molar-refractivity contribution is -0.113. The van der Waals surface area contributed by atoms with Crippen LogP contribution in [0.2, 0.25) is 0 Å². The van der Waals surface area contributed by atoms with Crippen LogP contribution in [0.4, 0.5) is 10.1 Å². The van der Waals surface area contributed by atoms with Gasteiger partial charge in [0.05, 0.1) is 29.3 Å². The molecule has 5 nitrogen and oxygen atoms in total. The minimum Gasteiger partial charge on any atom is -0.497 e. The Kier molecular flexibility index (Phi) is 7.55. The number of carbonyl (C=O) groups is 1. The first-order chi connectivity index (χ1) is 16.4. The van der Waals surface area contributed by atoms with Crippen LogP contribution in [0.25, 0.3) is 6.08 Å². The van der Waals surface area contributed by atoms with E-state index < -0.39 is 0 Å². The average Bonchev–Trinajstić information content (AvgIpc) is 3.10. The summed E-state index contributed by atoms with van der Waals surface area (Å²) in [4.78, 5) is 15.1. The Morgan fingerprint density at radius 1 is 1.09 bits per heavy atom. The predicted octanol–water partition coefficient (Wildman–Crippen LogP) is 6.59. The zero-order valence-electron chi connectivity index (χ0n) is 18.2. The molecule has 1 heterocycles. The quantitative estimate of drug-likeness (QED) is 0.240. The fourth-order valence-electron chi connectivity index (χ4n) is 3.32. The molecule has 0 radical (unpaired) electrons. The first kappa shape index (κ1) is 24.3. The van der Waals surface area contributed by atoms with Crippen molar-refractivity contribution in [3.8, 4) is 17.2 Å². The summed E-state index contributed by atoms with van der Waals surface area (Å²) in [5.41, 5.74) is 2.10. The molecule has 0 bridgehead atoms. The summed E-state index contributed by atoms with van der Waals surface area (Å²) in [5.74, 6) is 1.12. The van der Waals surface area contributed by atoms with Crippen LogP contribution in [0.5, 0.6) is 17.2 Å². The van der Waals surface area contributed by atoms with Gasteiger partial charge in [-0.1, -0.05) is 36.1 Å². The lowest BCUT2D eigenvalue weighted by Gasteiger charge is -2.15. The summed E-state index contributed by atoms with van der Waals surface area (Å²) in [6, 6.07) is 16.9. The van der Waals surface area contributed by atoms with E-state index in [9.17, 15) is 9.18 Å². The highest BCUT2D eigenvalue weighted by molar-refractivity contribution is 9.10. The third-order valence-electron chi connectivity index (χ3n) is 4.95. The number of carbonyl (C=O) groups excluding carboxylic acids is 1. The standard InChI is InChI=1S/C25H19BrFNO4S2/c1-30-19-8-6-18(7-9-19)28-24(29)22(34-25(28)33)13-16-11-20(26)23(21(12-16)31-2)32-14-15-4-3-5-17(27)10-15/h3-13H,14H2,1-2H3/b22-13-. The van der Waals surface area contributed by atoms with E-state index in [1.807, 2.05) is 6.07 Å². The molecule has 0 aliphatic carbocycles. The predicted molar refractivity (Wildman–Crippen MR) is 140 cm³/mol. The third-order valence-corrected chi connectivity index (χ3v) is 6.84. The monoisotopic (exact) mass is 559 g/mol. The topological polar surface area (TPSA) is 48.0 Å². The van der Waals surface area contributed by atoms with Gasteiger partial charge in [-0.3, -0.25) is 9.69 Å². The van der Waals surface area contributed by atoms with Crippen LogP contribution in [0.15, 0.2) is 70.0 Å². The zero-order chi connectivity index (χ0) is 24.2. The second-order valence-corrected chi connectivity index (χ2v) is 9.70. The van der Waals surface area contributed by atoms with Crippen molar-refractivity contribution >= 4 is 61.9 Å². The minimum atomic E-state index is -0.325. The van der Waals surface area contributed by atoms with Gasteiger partial charge in [0.1, 0.15) is 18.2 Å². The first-order valence-electron chi connectivity index (χ1n) is 10.1. The summed E-state index contributed by atoms with van der Waals surface area (Å²) in [6.45, 7) is 0.173. The molecule has 1 amide bonds. The van der Waals surface area contributed by atoms with Crippen LogP contribution >= 0.6 is 39.9 Å². The summed E-state index contributed by atoms with van der Waals surface area (Å²) in [5, 5.41) is 0. The first-order valence-corrected chi connectivity index (χ1v) is 12.1. The van der Waals surface area contributed by atoms with Gasteiger partial charge in [-0.05, 0) is 81.7 Å². The molecule has 9 heteroatoms. The smallest absolute Gasteiger partial charge is 0.270 e. The van der Waals surface area contributed by atoms with Crippen LogP contribution in [0.1, 0.15) is 11.1 Å². The van der Waals surface area contributed by atoms with E-state index in [0.717, 1.165) is 5.56 Å². The number of nitrogens with zero attached hydrogens (tertiary/aromatic N) is 1. The Bertz CT molecular complexity index is 1280. The number of halogens is 2. The van der Waals surface area contributed by atoms with Crippen molar-refractivity contribution in [1.29, 1.82) is 0 Å².